The van der Waals surface area contributed by atoms with Gasteiger partial charge in [0.2, 0.25) is 15.8 Å². The highest BCUT2D eigenvalue weighted by atomic mass is 32.2. The first kappa shape index (κ1) is 13.3. The fourth-order valence-electron chi connectivity index (χ4n) is 2.34. The molecule has 112 valence electrons. The summed E-state index contributed by atoms with van der Waals surface area (Å²) in [6.07, 6.45) is 6.92. The van der Waals surface area contributed by atoms with Crippen LogP contribution < -0.4 is 4.72 Å². The zero-order valence-corrected chi connectivity index (χ0v) is 12.5. The predicted octanol–water partition coefficient (Wildman–Crippen LogP) is 2.30. The third kappa shape index (κ3) is 2.43. The number of benzene rings is 1. The normalized spacial score (nSPS) is 15.1. The van der Waals surface area contributed by atoms with Crippen molar-refractivity contribution in [1.82, 2.24) is 14.4 Å². The lowest BCUT2D eigenvalue weighted by atomic mass is 10.1. The van der Waals surface area contributed by atoms with Crippen molar-refractivity contribution in [2.45, 2.75) is 18.1 Å². The monoisotopic (exact) mass is 314 g/mol. The molecule has 0 saturated heterocycles. The largest absolute Gasteiger partial charge is 0.291 e. The molecule has 0 unspecified atom stereocenters. The summed E-state index contributed by atoms with van der Waals surface area (Å²) in [6.45, 7) is 0. The SMILES string of the molecule is O=S(=O)(Nc1cccc(-c2cn3cccnc3n2)c1)C1CC1. The lowest BCUT2D eigenvalue weighted by Gasteiger charge is -2.07. The highest BCUT2D eigenvalue weighted by Gasteiger charge is 2.35. The number of anilines is 1. The molecular weight excluding hydrogens is 300 g/mol. The summed E-state index contributed by atoms with van der Waals surface area (Å²) in [6, 6.07) is 9.09. The van der Waals surface area contributed by atoms with Crippen molar-refractivity contribution in [3.8, 4) is 11.3 Å². The highest BCUT2D eigenvalue weighted by molar-refractivity contribution is 7.93. The molecule has 2 aromatic heterocycles. The van der Waals surface area contributed by atoms with Crippen LogP contribution in [0.25, 0.3) is 17.0 Å². The van der Waals surface area contributed by atoms with Crippen molar-refractivity contribution < 1.29 is 8.42 Å². The van der Waals surface area contributed by atoms with Crippen LogP contribution in [0.15, 0.2) is 48.9 Å². The van der Waals surface area contributed by atoms with E-state index in [9.17, 15) is 8.42 Å². The van der Waals surface area contributed by atoms with Crippen molar-refractivity contribution in [2.24, 2.45) is 0 Å². The maximum atomic E-state index is 12.0. The molecule has 22 heavy (non-hydrogen) atoms. The summed E-state index contributed by atoms with van der Waals surface area (Å²) in [7, 11) is -3.25. The Labute approximate surface area is 127 Å². The average molecular weight is 314 g/mol. The van der Waals surface area contributed by atoms with E-state index in [1.54, 1.807) is 18.3 Å². The van der Waals surface area contributed by atoms with Crippen LogP contribution in [-0.4, -0.2) is 28.0 Å². The summed E-state index contributed by atoms with van der Waals surface area (Å²) in [5, 5.41) is -0.240. The zero-order chi connectivity index (χ0) is 15.2. The Bertz CT molecular complexity index is 912. The van der Waals surface area contributed by atoms with Crippen molar-refractivity contribution in [3.63, 3.8) is 0 Å². The summed E-state index contributed by atoms with van der Waals surface area (Å²) < 4.78 is 28.5. The Morgan fingerprint density at radius 2 is 2.09 bits per heavy atom. The van der Waals surface area contributed by atoms with E-state index in [0.29, 0.717) is 11.5 Å². The Hall–Kier alpha value is -2.41. The molecule has 1 aliphatic carbocycles. The lowest BCUT2D eigenvalue weighted by molar-refractivity contribution is 0.600. The second-order valence-electron chi connectivity index (χ2n) is 5.38. The third-order valence-electron chi connectivity index (χ3n) is 3.62. The van der Waals surface area contributed by atoms with Crippen molar-refractivity contribution in [1.29, 1.82) is 0 Å². The average Bonchev–Trinajstić information content (AvgIpc) is 3.27. The molecule has 4 rings (SSSR count). The van der Waals surface area contributed by atoms with Crippen LogP contribution in [0.2, 0.25) is 0 Å². The Kier molecular flexibility index (Phi) is 2.90. The molecule has 3 aromatic rings. The van der Waals surface area contributed by atoms with Crippen LogP contribution in [-0.2, 0) is 10.0 Å². The second kappa shape index (κ2) is 4.81. The number of fused-ring (bicyclic) bond motifs is 1. The first-order valence-corrected chi connectivity index (χ1v) is 8.58. The number of nitrogens with zero attached hydrogens (tertiary/aromatic N) is 3. The van der Waals surface area contributed by atoms with Gasteiger partial charge in [-0.1, -0.05) is 12.1 Å². The van der Waals surface area contributed by atoms with Crippen LogP contribution in [0.5, 0.6) is 0 Å². The number of rotatable bonds is 4. The molecule has 1 N–H and O–H groups in total. The third-order valence-corrected chi connectivity index (χ3v) is 5.49. The number of imidazole rings is 1. The molecule has 1 aliphatic rings. The van der Waals surface area contributed by atoms with Gasteiger partial charge in [-0.15, -0.1) is 0 Å². The smallest absolute Gasteiger partial charge is 0.235 e. The molecule has 2 heterocycles. The zero-order valence-electron chi connectivity index (χ0n) is 11.7. The minimum atomic E-state index is -3.25. The molecule has 0 spiro atoms. The first-order valence-electron chi connectivity index (χ1n) is 7.04. The quantitative estimate of drug-likeness (QED) is 0.801. The van der Waals surface area contributed by atoms with E-state index in [4.69, 9.17) is 0 Å². The van der Waals surface area contributed by atoms with E-state index in [1.165, 1.54) is 0 Å². The lowest BCUT2D eigenvalue weighted by Crippen LogP contribution is -2.17. The number of hydrogen-bond acceptors (Lipinski definition) is 4. The Balaban J connectivity index is 1.69. The number of aromatic nitrogens is 3. The molecule has 0 atom stereocenters. The minimum Gasteiger partial charge on any atom is -0.291 e. The first-order chi connectivity index (χ1) is 10.6. The van der Waals surface area contributed by atoms with Gasteiger partial charge in [0, 0.05) is 29.8 Å². The van der Waals surface area contributed by atoms with Gasteiger partial charge in [-0.25, -0.2) is 18.4 Å². The topological polar surface area (TPSA) is 76.4 Å². The van der Waals surface area contributed by atoms with Crippen molar-refractivity contribution in [2.75, 3.05) is 4.72 Å². The molecule has 0 radical (unpaired) electrons. The van der Waals surface area contributed by atoms with Crippen molar-refractivity contribution >= 4 is 21.5 Å². The van der Waals surface area contributed by atoms with E-state index >= 15 is 0 Å². The van der Waals surface area contributed by atoms with E-state index < -0.39 is 10.0 Å². The van der Waals surface area contributed by atoms with Crippen LogP contribution in [0.3, 0.4) is 0 Å². The maximum Gasteiger partial charge on any atom is 0.235 e. The van der Waals surface area contributed by atoms with Gasteiger partial charge in [0.05, 0.1) is 10.9 Å². The van der Waals surface area contributed by atoms with Crippen LogP contribution in [0.1, 0.15) is 12.8 Å². The Morgan fingerprint density at radius 1 is 1.23 bits per heavy atom. The molecule has 0 aliphatic heterocycles. The van der Waals surface area contributed by atoms with Crippen molar-refractivity contribution in [3.05, 3.63) is 48.9 Å². The molecule has 1 aromatic carbocycles. The molecule has 1 saturated carbocycles. The van der Waals surface area contributed by atoms with Gasteiger partial charge >= 0.3 is 0 Å². The molecule has 0 amide bonds. The van der Waals surface area contributed by atoms with E-state index in [2.05, 4.69) is 14.7 Å². The minimum absolute atomic E-state index is 0.240. The van der Waals surface area contributed by atoms with Crippen LogP contribution >= 0.6 is 0 Å². The van der Waals surface area contributed by atoms with Crippen LogP contribution in [0.4, 0.5) is 5.69 Å². The Morgan fingerprint density at radius 3 is 2.86 bits per heavy atom. The van der Waals surface area contributed by atoms with Gasteiger partial charge in [-0.3, -0.25) is 9.12 Å². The van der Waals surface area contributed by atoms with E-state index in [0.717, 1.165) is 24.1 Å². The molecule has 1 fully saturated rings. The summed E-state index contributed by atoms with van der Waals surface area (Å²) in [4.78, 5) is 8.62. The highest BCUT2D eigenvalue weighted by Crippen LogP contribution is 2.30. The van der Waals surface area contributed by atoms with Gasteiger partial charge in [0.25, 0.3) is 0 Å². The van der Waals surface area contributed by atoms with Gasteiger partial charge in [-0.05, 0) is 31.0 Å². The summed E-state index contributed by atoms with van der Waals surface area (Å²) in [5.74, 6) is 0.612. The summed E-state index contributed by atoms with van der Waals surface area (Å²) in [5.41, 5.74) is 2.17. The fraction of sp³-hybridized carbons (Fsp3) is 0.200. The maximum absolute atomic E-state index is 12.0. The van der Waals surface area contributed by atoms with Gasteiger partial charge in [0.15, 0.2) is 0 Å². The fourth-order valence-corrected chi connectivity index (χ4v) is 3.72. The van der Waals surface area contributed by atoms with Gasteiger partial charge in [0.1, 0.15) is 0 Å². The number of nitrogens with one attached hydrogen (secondary N) is 1. The molecule has 7 heteroatoms. The van der Waals surface area contributed by atoms with E-state index in [1.807, 2.05) is 35.0 Å². The predicted molar refractivity (Wildman–Crippen MR) is 84.0 cm³/mol. The molecular formula is C15H14N4O2S. The number of hydrogen-bond donors (Lipinski definition) is 1. The van der Waals surface area contributed by atoms with Gasteiger partial charge < -0.3 is 0 Å². The van der Waals surface area contributed by atoms with Crippen LogP contribution in [0, 0.1) is 0 Å². The number of sulfonamides is 1. The summed E-state index contributed by atoms with van der Waals surface area (Å²) >= 11 is 0. The van der Waals surface area contributed by atoms with Gasteiger partial charge in [-0.2, -0.15) is 0 Å². The second-order valence-corrected chi connectivity index (χ2v) is 7.34. The molecule has 0 bridgehead atoms. The standard InChI is InChI=1S/C15H14N4O2S/c20-22(21,13-5-6-13)18-12-4-1-3-11(9-12)14-10-19-8-2-7-16-15(19)17-14/h1-4,7-10,13,18H,5-6H2. The molecule has 6 nitrogen and oxygen atoms in total. The van der Waals surface area contributed by atoms with E-state index in [-0.39, 0.29) is 5.25 Å².